The molecule has 0 bridgehead atoms. The summed E-state index contributed by atoms with van der Waals surface area (Å²) in [7, 11) is 0. The van der Waals surface area contributed by atoms with Gasteiger partial charge in [0.15, 0.2) is 5.82 Å². The first-order valence-corrected chi connectivity index (χ1v) is 7.13. The van der Waals surface area contributed by atoms with Crippen molar-refractivity contribution in [3.8, 4) is 0 Å². The van der Waals surface area contributed by atoms with Crippen LogP contribution in [0.2, 0.25) is 10.0 Å². The lowest BCUT2D eigenvalue weighted by Gasteiger charge is -1.99. The lowest BCUT2D eigenvalue weighted by Crippen LogP contribution is -1.85. The molecule has 106 valence electrons. The Bertz CT molecular complexity index is 852. The molecule has 0 saturated heterocycles. The predicted octanol–water partition coefficient (Wildman–Crippen LogP) is 5.67. The van der Waals surface area contributed by atoms with Gasteiger partial charge in [-0.15, -0.1) is 10.2 Å². The van der Waals surface area contributed by atoms with Crippen LogP contribution in [0.4, 0.5) is 11.5 Å². The number of aromatic nitrogens is 2. The lowest BCUT2D eigenvalue weighted by atomic mass is 10.3. The number of halogens is 2. The van der Waals surface area contributed by atoms with Crippen molar-refractivity contribution >= 4 is 40.4 Å². The Labute approximate surface area is 132 Å². The van der Waals surface area contributed by atoms with Crippen LogP contribution in [0.15, 0.2) is 46.8 Å². The van der Waals surface area contributed by atoms with Crippen molar-refractivity contribution in [2.45, 2.75) is 13.8 Å². The average molecular weight is 319 g/mol. The van der Waals surface area contributed by atoms with Crippen molar-refractivity contribution in [1.29, 1.82) is 0 Å². The number of benzene rings is 1. The summed E-state index contributed by atoms with van der Waals surface area (Å²) in [6, 6.07) is 9.05. The standard InChI is InChI=1S/C15H12Cl2N4/c1-9-4-3-7-21-14(9)18-10(2)15(21)20-19-13-8-11(16)5-6-12(13)17/h3-8H,1-2H3. The summed E-state index contributed by atoms with van der Waals surface area (Å²) in [4.78, 5) is 4.52. The maximum atomic E-state index is 6.08. The molecule has 0 radical (unpaired) electrons. The second kappa shape index (κ2) is 5.47. The number of pyridine rings is 1. The van der Waals surface area contributed by atoms with Crippen molar-refractivity contribution in [1.82, 2.24) is 9.38 Å². The van der Waals surface area contributed by atoms with Crippen LogP contribution in [-0.4, -0.2) is 9.38 Å². The molecule has 21 heavy (non-hydrogen) atoms. The zero-order valence-electron chi connectivity index (χ0n) is 11.5. The largest absolute Gasteiger partial charge is 0.283 e. The van der Waals surface area contributed by atoms with Gasteiger partial charge in [-0.3, -0.25) is 4.40 Å². The third-order valence-electron chi connectivity index (χ3n) is 3.15. The second-order valence-corrected chi connectivity index (χ2v) is 5.54. The van der Waals surface area contributed by atoms with E-state index in [2.05, 4.69) is 15.2 Å². The average Bonchev–Trinajstić information content (AvgIpc) is 2.77. The van der Waals surface area contributed by atoms with Gasteiger partial charge in [-0.2, -0.15) is 0 Å². The summed E-state index contributed by atoms with van der Waals surface area (Å²) >= 11 is 12.0. The van der Waals surface area contributed by atoms with Gasteiger partial charge in [0.1, 0.15) is 11.3 Å². The van der Waals surface area contributed by atoms with E-state index in [1.807, 2.05) is 36.6 Å². The minimum atomic E-state index is 0.505. The Hall–Kier alpha value is -1.91. The van der Waals surface area contributed by atoms with Crippen molar-refractivity contribution in [3.05, 3.63) is 57.8 Å². The third-order valence-corrected chi connectivity index (χ3v) is 3.70. The van der Waals surface area contributed by atoms with Crippen molar-refractivity contribution in [2.75, 3.05) is 0 Å². The zero-order chi connectivity index (χ0) is 15.0. The van der Waals surface area contributed by atoms with Gasteiger partial charge >= 0.3 is 0 Å². The Morgan fingerprint density at radius 1 is 1.10 bits per heavy atom. The van der Waals surface area contributed by atoms with Crippen LogP contribution < -0.4 is 0 Å². The molecule has 0 aliphatic rings. The van der Waals surface area contributed by atoms with Crippen LogP contribution in [-0.2, 0) is 0 Å². The van der Waals surface area contributed by atoms with E-state index in [0.717, 1.165) is 16.9 Å². The molecule has 0 N–H and O–H groups in total. The minimum Gasteiger partial charge on any atom is -0.283 e. The normalized spacial score (nSPS) is 11.6. The maximum Gasteiger partial charge on any atom is 0.182 e. The molecule has 0 aliphatic heterocycles. The molecule has 0 fully saturated rings. The van der Waals surface area contributed by atoms with Gasteiger partial charge in [-0.1, -0.05) is 29.3 Å². The number of azo groups is 1. The van der Waals surface area contributed by atoms with Gasteiger partial charge in [0, 0.05) is 11.2 Å². The lowest BCUT2D eigenvalue weighted by molar-refractivity contribution is 1.09. The monoisotopic (exact) mass is 318 g/mol. The first-order chi connectivity index (χ1) is 10.1. The number of imidazole rings is 1. The van der Waals surface area contributed by atoms with Gasteiger partial charge < -0.3 is 0 Å². The molecule has 0 spiro atoms. The van der Waals surface area contributed by atoms with E-state index in [0.29, 0.717) is 21.6 Å². The summed E-state index contributed by atoms with van der Waals surface area (Å²) in [6.07, 6.45) is 1.91. The van der Waals surface area contributed by atoms with Crippen LogP contribution in [0.3, 0.4) is 0 Å². The van der Waals surface area contributed by atoms with E-state index in [4.69, 9.17) is 23.2 Å². The molecule has 1 aromatic carbocycles. The Morgan fingerprint density at radius 2 is 1.90 bits per heavy atom. The van der Waals surface area contributed by atoms with Gasteiger partial charge in [-0.25, -0.2) is 4.98 Å². The molecular formula is C15H12Cl2N4. The minimum absolute atomic E-state index is 0.505. The van der Waals surface area contributed by atoms with E-state index >= 15 is 0 Å². The summed E-state index contributed by atoms with van der Waals surface area (Å²) < 4.78 is 1.91. The van der Waals surface area contributed by atoms with E-state index in [9.17, 15) is 0 Å². The second-order valence-electron chi connectivity index (χ2n) is 4.70. The first kappa shape index (κ1) is 14.0. The van der Waals surface area contributed by atoms with Crippen LogP contribution in [0.25, 0.3) is 5.65 Å². The molecule has 0 unspecified atom stereocenters. The Kier molecular flexibility index (Phi) is 3.66. The first-order valence-electron chi connectivity index (χ1n) is 6.37. The summed E-state index contributed by atoms with van der Waals surface area (Å²) in [5, 5.41) is 9.56. The van der Waals surface area contributed by atoms with Crippen LogP contribution in [0.5, 0.6) is 0 Å². The van der Waals surface area contributed by atoms with E-state index in [-0.39, 0.29) is 0 Å². The third kappa shape index (κ3) is 2.64. The fourth-order valence-corrected chi connectivity index (χ4v) is 2.41. The van der Waals surface area contributed by atoms with Crippen LogP contribution in [0.1, 0.15) is 11.3 Å². The highest BCUT2D eigenvalue weighted by molar-refractivity contribution is 6.35. The predicted molar refractivity (Wildman–Crippen MR) is 85.3 cm³/mol. The summed E-state index contributed by atoms with van der Waals surface area (Å²) in [6.45, 7) is 3.91. The molecule has 2 aromatic heterocycles. The highest BCUT2D eigenvalue weighted by Gasteiger charge is 2.09. The summed E-state index contributed by atoms with van der Waals surface area (Å²) in [5.41, 5.74) is 3.31. The van der Waals surface area contributed by atoms with Crippen molar-refractivity contribution < 1.29 is 0 Å². The van der Waals surface area contributed by atoms with Crippen LogP contribution >= 0.6 is 23.2 Å². The molecule has 0 atom stereocenters. The molecule has 0 aliphatic carbocycles. The molecule has 4 nitrogen and oxygen atoms in total. The van der Waals surface area contributed by atoms with Crippen molar-refractivity contribution in [3.63, 3.8) is 0 Å². The Balaban J connectivity index is 2.09. The number of rotatable bonds is 2. The molecule has 2 heterocycles. The van der Waals surface area contributed by atoms with Crippen molar-refractivity contribution in [2.24, 2.45) is 10.2 Å². The quantitative estimate of drug-likeness (QED) is 0.561. The van der Waals surface area contributed by atoms with Gasteiger partial charge in [0.25, 0.3) is 0 Å². The van der Waals surface area contributed by atoms with Gasteiger partial charge in [0.05, 0.1) is 10.7 Å². The Morgan fingerprint density at radius 3 is 2.71 bits per heavy atom. The number of hydrogen-bond donors (Lipinski definition) is 0. The molecular weight excluding hydrogens is 307 g/mol. The topological polar surface area (TPSA) is 42.0 Å². The van der Waals surface area contributed by atoms with E-state index in [1.54, 1.807) is 18.2 Å². The van der Waals surface area contributed by atoms with Crippen LogP contribution in [0, 0.1) is 13.8 Å². The number of hydrogen-bond acceptors (Lipinski definition) is 3. The SMILES string of the molecule is Cc1nc2c(C)cccn2c1N=Nc1cc(Cl)ccc1Cl. The maximum absolute atomic E-state index is 6.08. The molecule has 3 rings (SSSR count). The highest BCUT2D eigenvalue weighted by Crippen LogP contribution is 2.30. The highest BCUT2D eigenvalue weighted by atomic mass is 35.5. The zero-order valence-corrected chi connectivity index (χ0v) is 13.0. The van der Waals surface area contributed by atoms with Gasteiger partial charge in [-0.05, 0) is 43.7 Å². The number of aryl methyl sites for hydroxylation is 2. The molecule has 6 heteroatoms. The summed E-state index contributed by atoms with van der Waals surface area (Å²) in [5.74, 6) is 0.685. The fourth-order valence-electron chi connectivity index (χ4n) is 2.09. The fraction of sp³-hybridized carbons (Fsp3) is 0.133. The van der Waals surface area contributed by atoms with E-state index in [1.165, 1.54) is 0 Å². The number of fused-ring (bicyclic) bond motifs is 1. The molecule has 0 saturated carbocycles. The number of nitrogens with zero attached hydrogens (tertiary/aromatic N) is 4. The smallest absolute Gasteiger partial charge is 0.182 e. The van der Waals surface area contributed by atoms with E-state index < -0.39 is 0 Å². The van der Waals surface area contributed by atoms with Gasteiger partial charge in [0.2, 0.25) is 0 Å². The molecule has 0 amide bonds. The molecule has 3 aromatic rings.